The molecule has 6 nitrogen and oxygen atoms in total. The van der Waals surface area contributed by atoms with Gasteiger partial charge in [-0.15, -0.1) is 0 Å². The van der Waals surface area contributed by atoms with Crippen molar-refractivity contribution in [2.24, 2.45) is 7.05 Å². The second kappa shape index (κ2) is 7.11. The van der Waals surface area contributed by atoms with Crippen LogP contribution in [-0.4, -0.2) is 13.7 Å². The topological polar surface area (TPSA) is 66.0 Å². The summed E-state index contributed by atoms with van der Waals surface area (Å²) in [6, 6.07) is 0. The first-order valence-corrected chi connectivity index (χ1v) is 6.95. The standard InChI is InChI=1S/C13H23N3O3/c1-4-6-8-10-16-12(18)14(3)11(17)15(13(16)19)9-7-5-2/h4-10H2,1-3H3. The van der Waals surface area contributed by atoms with Crippen molar-refractivity contribution >= 4 is 0 Å². The average Bonchev–Trinajstić information content (AvgIpc) is 2.40. The van der Waals surface area contributed by atoms with Gasteiger partial charge in [0.25, 0.3) is 0 Å². The van der Waals surface area contributed by atoms with Crippen molar-refractivity contribution < 1.29 is 0 Å². The van der Waals surface area contributed by atoms with Crippen LogP contribution in [0, 0.1) is 0 Å². The molecule has 0 spiro atoms. The fourth-order valence-electron chi connectivity index (χ4n) is 1.97. The summed E-state index contributed by atoms with van der Waals surface area (Å²) in [7, 11) is 1.42. The van der Waals surface area contributed by atoms with Crippen LogP contribution in [0.2, 0.25) is 0 Å². The Hall–Kier alpha value is -1.59. The molecule has 0 saturated heterocycles. The summed E-state index contributed by atoms with van der Waals surface area (Å²) in [6.45, 7) is 4.80. The van der Waals surface area contributed by atoms with E-state index in [1.54, 1.807) is 0 Å². The summed E-state index contributed by atoms with van der Waals surface area (Å²) < 4.78 is 3.35. The van der Waals surface area contributed by atoms with Gasteiger partial charge in [0.2, 0.25) is 0 Å². The molecule has 0 aliphatic rings. The molecule has 0 amide bonds. The largest absolute Gasteiger partial charge is 0.336 e. The Morgan fingerprint density at radius 3 is 1.68 bits per heavy atom. The Morgan fingerprint density at radius 2 is 1.21 bits per heavy atom. The molecule has 0 saturated carbocycles. The summed E-state index contributed by atoms with van der Waals surface area (Å²) in [5.41, 5.74) is -1.51. The van der Waals surface area contributed by atoms with Crippen LogP contribution in [0.3, 0.4) is 0 Å². The molecule has 0 unspecified atom stereocenters. The van der Waals surface area contributed by atoms with Gasteiger partial charge in [-0.05, 0) is 12.8 Å². The number of rotatable bonds is 7. The molecule has 0 bridgehead atoms. The van der Waals surface area contributed by atoms with Crippen LogP contribution in [0.25, 0.3) is 0 Å². The highest BCUT2D eigenvalue weighted by Gasteiger charge is 2.12. The second-order valence-corrected chi connectivity index (χ2v) is 4.77. The maximum atomic E-state index is 12.2. The Labute approximate surface area is 112 Å². The molecular formula is C13H23N3O3. The third-order valence-electron chi connectivity index (χ3n) is 3.22. The molecule has 0 fully saturated rings. The summed E-state index contributed by atoms with van der Waals surface area (Å²) >= 11 is 0. The zero-order valence-electron chi connectivity index (χ0n) is 12.0. The molecule has 0 N–H and O–H groups in total. The lowest BCUT2D eigenvalue weighted by molar-refractivity contribution is 0.448. The summed E-state index contributed by atoms with van der Waals surface area (Å²) in [5.74, 6) is 0. The Kier molecular flexibility index (Phi) is 5.79. The van der Waals surface area contributed by atoms with Gasteiger partial charge in [-0.1, -0.05) is 33.1 Å². The number of hydrogen-bond donors (Lipinski definition) is 0. The Bertz CT molecular complexity index is 580. The van der Waals surface area contributed by atoms with E-state index in [1.165, 1.54) is 11.6 Å². The van der Waals surface area contributed by atoms with Crippen LogP contribution in [-0.2, 0) is 20.1 Å². The Morgan fingerprint density at radius 1 is 0.737 bits per heavy atom. The van der Waals surface area contributed by atoms with Crippen LogP contribution in [0.15, 0.2) is 14.4 Å². The maximum Gasteiger partial charge on any atom is 0.336 e. The first-order valence-electron chi connectivity index (χ1n) is 6.95. The van der Waals surface area contributed by atoms with Crippen LogP contribution in [0.1, 0.15) is 46.0 Å². The molecular weight excluding hydrogens is 246 g/mol. The predicted molar refractivity (Wildman–Crippen MR) is 74.6 cm³/mol. The number of aromatic nitrogens is 3. The Balaban J connectivity index is 3.23. The molecule has 1 rings (SSSR count). The lowest BCUT2D eigenvalue weighted by atomic mass is 10.2. The van der Waals surface area contributed by atoms with Crippen LogP contribution in [0.5, 0.6) is 0 Å². The van der Waals surface area contributed by atoms with Crippen molar-refractivity contribution in [2.75, 3.05) is 0 Å². The fourth-order valence-corrected chi connectivity index (χ4v) is 1.97. The van der Waals surface area contributed by atoms with E-state index < -0.39 is 17.1 Å². The fraction of sp³-hybridized carbons (Fsp3) is 0.769. The van der Waals surface area contributed by atoms with E-state index in [1.807, 2.05) is 6.92 Å². The van der Waals surface area contributed by atoms with Gasteiger partial charge in [0, 0.05) is 20.1 Å². The summed E-state index contributed by atoms with van der Waals surface area (Å²) in [4.78, 5) is 36.0. The van der Waals surface area contributed by atoms with Crippen LogP contribution < -0.4 is 17.1 Å². The highest BCUT2D eigenvalue weighted by atomic mass is 16.2. The smallest absolute Gasteiger partial charge is 0.248 e. The average molecular weight is 269 g/mol. The van der Waals surface area contributed by atoms with Crippen molar-refractivity contribution in [2.45, 2.75) is 59.0 Å². The molecule has 0 aliphatic carbocycles. The van der Waals surface area contributed by atoms with Gasteiger partial charge in [-0.25, -0.2) is 28.1 Å². The third kappa shape index (κ3) is 3.45. The maximum absolute atomic E-state index is 12.2. The normalized spacial score (nSPS) is 10.9. The van der Waals surface area contributed by atoms with Gasteiger partial charge in [-0.3, -0.25) is 0 Å². The minimum Gasteiger partial charge on any atom is -0.248 e. The van der Waals surface area contributed by atoms with Gasteiger partial charge >= 0.3 is 17.1 Å². The molecule has 0 aromatic carbocycles. The van der Waals surface area contributed by atoms with Gasteiger partial charge in [0.15, 0.2) is 0 Å². The highest BCUT2D eigenvalue weighted by molar-refractivity contribution is 4.77. The van der Waals surface area contributed by atoms with Crippen LogP contribution >= 0.6 is 0 Å². The summed E-state index contributed by atoms with van der Waals surface area (Å²) in [5, 5.41) is 0. The zero-order valence-corrected chi connectivity index (χ0v) is 12.0. The highest BCUT2D eigenvalue weighted by Crippen LogP contribution is 1.94. The third-order valence-corrected chi connectivity index (χ3v) is 3.22. The minimum atomic E-state index is -0.518. The first kappa shape index (κ1) is 15.5. The van der Waals surface area contributed by atoms with Crippen LogP contribution in [0.4, 0.5) is 0 Å². The van der Waals surface area contributed by atoms with Crippen molar-refractivity contribution in [3.63, 3.8) is 0 Å². The molecule has 1 aromatic heterocycles. The lowest BCUT2D eigenvalue weighted by Gasteiger charge is -2.11. The summed E-state index contributed by atoms with van der Waals surface area (Å²) in [6.07, 6.45) is 4.40. The molecule has 0 radical (unpaired) electrons. The van der Waals surface area contributed by atoms with E-state index in [0.717, 1.165) is 41.2 Å². The lowest BCUT2D eigenvalue weighted by Crippen LogP contribution is -2.53. The van der Waals surface area contributed by atoms with Gasteiger partial charge in [0.05, 0.1) is 0 Å². The monoisotopic (exact) mass is 269 g/mol. The number of nitrogens with zero attached hydrogens (tertiary/aromatic N) is 3. The van der Waals surface area contributed by atoms with E-state index in [4.69, 9.17) is 0 Å². The van der Waals surface area contributed by atoms with Gasteiger partial charge < -0.3 is 0 Å². The quantitative estimate of drug-likeness (QED) is 0.684. The van der Waals surface area contributed by atoms with Crippen molar-refractivity contribution in [1.82, 2.24) is 13.7 Å². The predicted octanol–water partition coefficient (Wildman–Crippen LogP) is 0.699. The number of unbranched alkanes of at least 4 members (excludes halogenated alkanes) is 3. The molecule has 1 heterocycles. The van der Waals surface area contributed by atoms with Gasteiger partial charge in [0.1, 0.15) is 0 Å². The van der Waals surface area contributed by atoms with E-state index in [0.29, 0.717) is 13.1 Å². The van der Waals surface area contributed by atoms with E-state index >= 15 is 0 Å². The first-order chi connectivity index (χ1) is 9.04. The molecule has 108 valence electrons. The SMILES string of the molecule is CCCCCn1c(=O)n(C)c(=O)n(CCCC)c1=O. The van der Waals surface area contributed by atoms with E-state index in [-0.39, 0.29) is 0 Å². The molecule has 19 heavy (non-hydrogen) atoms. The van der Waals surface area contributed by atoms with Gasteiger partial charge in [-0.2, -0.15) is 0 Å². The van der Waals surface area contributed by atoms with Crippen molar-refractivity contribution in [3.05, 3.63) is 31.5 Å². The van der Waals surface area contributed by atoms with Crippen molar-refractivity contribution in [3.8, 4) is 0 Å². The van der Waals surface area contributed by atoms with Crippen molar-refractivity contribution in [1.29, 1.82) is 0 Å². The van der Waals surface area contributed by atoms with E-state index in [2.05, 4.69) is 6.92 Å². The molecule has 1 aromatic rings. The molecule has 6 heteroatoms. The molecule has 0 atom stereocenters. The van der Waals surface area contributed by atoms with E-state index in [9.17, 15) is 14.4 Å². The minimum absolute atomic E-state index is 0.371. The second-order valence-electron chi connectivity index (χ2n) is 4.77. The zero-order chi connectivity index (χ0) is 14.4. The number of hydrogen-bond acceptors (Lipinski definition) is 3. The molecule has 0 aliphatic heterocycles.